The number of benzene rings is 2. The molecule has 0 aliphatic carbocycles. The second-order valence-electron chi connectivity index (χ2n) is 7.26. The van der Waals surface area contributed by atoms with Crippen LogP contribution in [0.4, 0.5) is 4.39 Å². The molecule has 0 spiro atoms. The third-order valence-electron chi connectivity index (χ3n) is 5.40. The number of nitrogens with zero attached hydrogens (tertiary/aromatic N) is 2. The fourth-order valence-corrected chi connectivity index (χ4v) is 3.72. The van der Waals surface area contributed by atoms with E-state index in [1.807, 2.05) is 12.1 Å². The number of aryl methyl sites for hydroxylation is 1. The fourth-order valence-electron chi connectivity index (χ4n) is 3.72. The molecule has 0 N–H and O–H groups in total. The highest BCUT2D eigenvalue weighted by Gasteiger charge is 2.16. The van der Waals surface area contributed by atoms with Crippen LogP contribution in [0.5, 0.6) is 11.5 Å². The largest absolute Gasteiger partial charge is 0.493 e. The number of methoxy groups -OCH3 is 1. The molecule has 0 saturated carbocycles. The van der Waals surface area contributed by atoms with Crippen molar-refractivity contribution in [2.45, 2.75) is 19.3 Å². The summed E-state index contributed by atoms with van der Waals surface area (Å²) in [5.41, 5.74) is 2.62. The molecule has 3 rings (SSSR count). The summed E-state index contributed by atoms with van der Waals surface area (Å²) in [6, 6.07) is 16.5. The Morgan fingerprint density at radius 3 is 2.21 bits per heavy atom. The predicted octanol–water partition coefficient (Wildman–Crippen LogP) is 3.79. The van der Waals surface area contributed by atoms with Crippen molar-refractivity contribution in [2.24, 2.45) is 0 Å². The van der Waals surface area contributed by atoms with Gasteiger partial charge < -0.3 is 19.3 Å². The Morgan fingerprint density at radius 1 is 0.821 bits per heavy atom. The maximum atomic E-state index is 12.4. The van der Waals surface area contributed by atoms with E-state index < -0.39 is 6.86 Å². The van der Waals surface area contributed by atoms with Gasteiger partial charge in [0.1, 0.15) is 0 Å². The first-order valence-corrected chi connectivity index (χ1v) is 10.1. The van der Waals surface area contributed by atoms with Gasteiger partial charge in [-0.1, -0.05) is 36.4 Å². The molecule has 5 heteroatoms. The molecule has 0 unspecified atom stereocenters. The van der Waals surface area contributed by atoms with Crippen molar-refractivity contribution in [2.75, 3.05) is 53.2 Å². The Bertz CT molecular complexity index is 703. The Hall–Kier alpha value is -2.11. The van der Waals surface area contributed by atoms with Crippen molar-refractivity contribution in [3.63, 3.8) is 0 Å². The van der Waals surface area contributed by atoms with E-state index in [1.54, 1.807) is 13.2 Å². The highest BCUT2D eigenvalue weighted by Crippen LogP contribution is 2.28. The van der Waals surface area contributed by atoms with Crippen molar-refractivity contribution >= 4 is 0 Å². The van der Waals surface area contributed by atoms with Gasteiger partial charge in [-0.05, 0) is 49.1 Å². The van der Waals surface area contributed by atoms with E-state index in [4.69, 9.17) is 9.47 Å². The summed E-state index contributed by atoms with van der Waals surface area (Å²) in [5.74, 6) is 1.05. The number of ether oxygens (including phenoxy) is 2. The van der Waals surface area contributed by atoms with Gasteiger partial charge in [-0.25, -0.2) is 4.39 Å². The lowest BCUT2D eigenvalue weighted by molar-refractivity contribution is 0.132. The molecular formula is C23H31FN2O2. The lowest BCUT2D eigenvalue weighted by Crippen LogP contribution is -2.47. The third kappa shape index (κ3) is 6.21. The van der Waals surface area contributed by atoms with Crippen LogP contribution in [0.2, 0.25) is 0 Å². The molecule has 0 radical (unpaired) electrons. The van der Waals surface area contributed by atoms with Crippen LogP contribution >= 0.6 is 0 Å². The summed E-state index contributed by atoms with van der Waals surface area (Å²) < 4.78 is 22.6. The van der Waals surface area contributed by atoms with Gasteiger partial charge >= 0.3 is 0 Å². The molecular weight excluding hydrogens is 355 g/mol. The van der Waals surface area contributed by atoms with E-state index in [0.717, 1.165) is 45.6 Å². The molecule has 1 heterocycles. The van der Waals surface area contributed by atoms with Crippen molar-refractivity contribution in [1.82, 2.24) is 9.80 Å². The van der Waals surface area contributed by atoms with Crippen LogP contribution in [-0.4, -0.2) is 63.0 Å². The molecule has 0 amide bonds. The normalized spacial score (nSPS) is 15.5. The number of piperazine rings is 1. The Labute approximate surface area is 167 Å². The van der Waals surface area contributed by atoms with E-state index in [0.29, 0.717) is 11.5 Å². The monoisotopic (exact) mass is 386 g/mol. The Kier molecular flexibility index (Phi) is 8.12. The lowest BCUT2D eigenvalue weighted by Gasteiger charge is -2.34. The van der Waals surface area contributed by atoms with Gasteiger partial charge in [-0.3, -0.25) is 0 Å². The zero-order valence-electron chi connectivity index (χ0n) is 16.8. The van der Waals surface area contributed by atoms with E-state index in [2.05, 4.69) is 40.1 Å². The summed E-state index contributed by atoms with van der Waals surface area (Å²) in [6.07, 6.45) is 3.34. The topological polar surface area (TPSA) is 24.9 Å². The van der Waals surface area contributed by atoms with Gasteiger partial charge in [0.05, 0.1) is 7.11 Å². The van der Waals surface area contributed by atoms with Crippen LogP contribution in [0.25, 0.3) is 0 Å². The minimum atomic E-state index is -0.842. The summed E-state index contributed by atoms with van der Waals surface area (Å²) in [4.78, 5) is 5.09. The van der Waals surface area contributed by atoms with Crippen LogP contribution in [0, 0.1) is 0 Å². The number of hydrogen-bond acceptors (Lipinski definition) is 4. The average molecular weight is 387 g/mol. The average Bonchev–Trinajstić information content (AvgIpc) is 2.75. The Balaban J connectivity index is 1.36. The molecule has 28 heavy (non-hydrogen) atoms. The summed E-state index contributed by atoms with van der Waals surface area (Å²) in [5, 5.41) is 0. The second kappa shape index (κ2) is 11.0. The van der Waals surface area contributed by atoms with Crippen LogP contribution in [0.3, 0.4) is 0 Å². The van der Waals surface area contributed by atoms with Gasteiger partial charge in [-0.2, -0.15) is 0 Å². The molecule has 0 aromatic heterocycles. The molecule has 1 fully saturated rings. The molecule has 0 bridgehead atoms. The Morgan fingerprint density at radius 2 is 1.54 bits per heavy atom. The van der Waals surface area contributed by atoms with Gasteiger partial charge in [0.2, 0.25) is 6.86 Å². The number of halogens is 1. The molecule has 4 nitrogen and oxygen atoms in total. The van der Waals surface area contributed by atoms with Crippen LogP contribution in [-0.2, 0) is 12.8 Å². The van der Waals surface area contributed by atoms with E-state index in [9.17, 15) is 4.39 Å². The molecule has 1 aliphatic rings. The minimum absolute atomic E-state index is 0.456. The standard InChI is InChI=1S/C23H31FN2O2/c1-27-23-18-21(9-10-22(23)28-19-24)11-13-26-16-14-25(15-17-26)12-5-8-20-6-3-2-4-7-20/h2-4,6-7,9-10,18H,5,8,11-17,19H2,1H3. The van der Waals surface area contributed by atoms with Crippen molar-refractivity contribution in [1.29, 1.82) is 0 Å². The van der Waals surface area contributed by atoms with E-state index in [1.165, 1.54) is 24.1 Å². The van der Waals surface area contributed by atoms with E-state index in [-0.39, 0.29) is 0 Å². The zero-order valence-corrected chi connectivity index (χ0v) is 16.8. The summed E-state index contributed by atoms with van der Waals surface area (Å²) >= 11 is 0. The predicted molar refractivity (Wildman–Crippen MR) is 111 cm³/mol. The number of rotatable bonds is 10. The molecule has 2 aromatic rings. The maximum Gasteiger partial charge on any atom is 0.228 e. The maximum absolute atomic E-state index is 12.4. The van der Waals surface area contributed by atoms with Gasteiger partial charge in [0.25, 0.3) is 0 Å². The van der Waals surface area contributed by atoms with Crippen LogP contribution in [0.1, 0.15) is 17.5 Å². The van der Waals surface area contributed by atoms with Gasteiger partial charge in [0.15, 0.2) is 11.5 Å². The number of hydrogen-bond donors (Lipinski definition) is 0. The highest BCUT2D eigenvalue weighted by molar-refractivity contribution is 5.43. The van der Waals surface area contributed by atoms with Gasteiger partial charge in [-0.15, -0.1) is 0 Å². The van der Waals surface area contributed by atoms with Crippen molar-refractivity contribution in [3.05, 3.63) is 59.7 Å². The first-order chi connectivity index (χ1) is 13.8. The zero-order chi connectivity index (χ0) is 19.6. The summed E-state index contributed by atoms with van der Waals surface area (Å²) in [6.45, 7) is 5.88. The van der Waals surface area contributed by atoms with Crippen molar-refractivity contribution < 1.29 is 13.9 Å². The smallest absolute Gasteiger partial charge is 0.228 e. The van der Waals surface area contributed by atoms with E-state index >= 15 is 0 Å². The van der Waals surface area contributed by atoms with Crippen LogP contribution < -0.4 is 9.47 Å². The SMILES string of the molecule is COc1cc(CCN2CCN(CCCc3ccccc3)CC2)ccc1OCF. The summed E-state index contributed by atoms with van der Waals surface area (Å²) in [7, 11) is 1.58. The van der Waals surface area contributed by atoms with Crippen molar-refractivity contribution in [3.8, 4) is 11.5 Å². The molecule has 0 atom stereocenters. The quantitative estimate of drug-likeness (QED) is 0.620. The highest BCUT2D eigenvalue weighted by atomic mass is 19.1. The third-order valence-corrected chi connectivity index (χ3v) is 5.40. The lowest BCUT2D eigenvalue weighted by atomic mass is 10.1. The number of alkyl halides is 1. The fraction of sp³-hybridized carbons (Fsp3) is 0.478. The molecule has 2 aromatic carbocycles. The van der Waals surface area contributed by atoms with Crippen LogP contribution in [0.15, 0.2) is 48.5 Å². The second-order valence-corrected chi connectivity index (χ2v) is 7.26. The van der Waals surface area contributed by atoms with Gasteiger partial charge in [0, 0.05) is 32.7 Å². The molecule has 152 valence electrons. The molecule has 1 saturated heterocycles. The first-order valence-electron chi connectivity index (χ1n) is 10.1. The first kappa shape index (κ1) is 20.6. The minimum Gasteiger partial charge on any atom is -0.493 e. The molecule has 1 aliphatic heterocycles.